The maximum atomic E-state index is 9.33. The van der Waals surface area contributed by atoms with Gasteiger partial charge in [-0.05, 0) is 0 Å². The summed E-state index contributed by atoms with van der Waals surface area (Å²) in [7, 11) is 0. The summed E-state index contributed by atoms with van der Waals surface area (Å²) in [6.07, 6.45) is 2.88. The molecule has 0 bridgehead atoms. The van der Waals surface area contributed by atoms with Crippen LogP contribution in [0.5, 0.6) is 0 Å². The Bertz CT molecular complexity index is 301. The second-order valence-electron chi connectivity index (χ2n) is 2.46. The number of anilines is 1. The van der Waals surface area contributed by atoms with E-state index in [-0.39, 0.29) is 12.4 Å². The molecule has 1 aliphatic rings. The Balaban J connectivity index is 2.52. The molecular weight excluding hydrogens is 160 g/mol. The summed E-state index contributed by atoms with van der Waals surface area (Å²) in [5.74, 6) is -1.68. The Morgan fingerprint density at radius 2 is 2.08 bits per heavy atom. The molecule has 2 rings (SSSR count). The Hall–Kier alpha value is -1.24. The highest BCUT2D eigenvalue weighted by molar-refractivity contribution is 5.43. The summed E-state index contributed by atoms with van der Waals surface area (Å²) in [4.78, 5) is 7.67. The van der Waals surface area contributed by atoms with Gasteiger partial charge in [-0.25, -0.2) is 15.3 Å². The number of fused-ring (bicyclic) bond motifs is 1. The lowest BCUT2D eigenvalue weighted by Crippen LogP contribution is -2.49. The number of aromatic nitrogens is 2. The molecule has 0 atom stereocenters. The fourth-order valence-electron chi connectivity index (χ4n) is 1.06. The molecule has 1 aromatic heterocycles. The van der Waals surface area contributed by atoms with Gasteiger partial charge in [0.2, 0.25) is 0 Å². The molecule has 4 N–H and O–H groups in total. The number of rotatable bonds is 0. The monoisotopic (exact) mass is 168 g/mol. The smallest absolute Gasteiger partial charge is 0.273 e. The molecule has 0 saturated carbocycles. The van der Waals surface area contributed by atoms with Crippen molar-refractivity contribution in [2.24, 2.45) is 0 Å². The molecule has 0 saturated heterocycles. The van der Waals surface area contributed by atoms with Crippen molar-refractivity contribution >= 4 is 5.82 Å². The fourth-order valence-corrected chi connectivity index (χ4v) is 1.06. The minimum absolute atomic E-state index is 0.0938. The lowest BCUT2D eigenvalue weighted by atomic mass is 10.3. The lowest BCUT2D eigenvalue weighted by molar-refractivity contribution is -0.198. The molecule has 12 heavy (non-hydrogen) atoms. The Labute approximate surface area is 68.3 Å². The van der Waals surface area contributed by atoms with Gasteiger partial charge in [0, 0.05) is 12.4 Å². The molecule has 6 heteroatoms. The highest BCUT2D eigenvalue weighted by Crippen LogP contribution is 2.21. The average molecular weight is 168 g/mol. The molecule has 64 valence electrons. The zero-order valence-corrected chi connectivity index (χ0v) is 6.15. The first kappa shape index (κ1) is 7.41. The second-order valence-corrected chi connectivity index (χ2v) is 2.46. The molecule has 0 aromatic carbocycles. The van der Waals surface area contributed by atoms with Crippen LogP contribution in [0.15, 0.2) is 12.4 Å². The summed E-state index contributed by atoms with van der Waals surface area (Å²) in [5, 5.41) is 23.9. The normalized spacial score (nSPS) is 19.5. The van der Waals surface area contributed by atoms with Crippen molar-refractivity contribution in [3.8, 4) is 0 Å². The number of hydrogen-bond acceptors (Lipinski definition) is 6. The van der Waals surface area contributed by atoms with E-state index in [1.54, 1.807) is 0 Å². The summed E-state index contributed by atoms with van der Waals surface area (Å²) < 4.78 is 0. The van der Waals surface area contributed by atoms with Crippen LogP contribution in [0.4, 0.5) is 5.82 Å². The number of nitrogens with one attached hydrogen (secondary N) is 2. The van der Waals surface area contributed by atoms with E-state index in [4.69, 9.17) is 0 Å². The van der Waals surface area contributed by atoms with Crippen LogP contribution in [0, 0.1) is 0 Å². The van der Waals surface area contributed by atoms with Crippen molar-refractivity contribution in [3.63, 3.8) is 0 Å². The van der Waals surface area contributed by atoms with E-state index in [1.807, 2.05) is 0 Å². The molecule has 0 aliphatic carbocycles. The van der Waals surface area contributed by atoms with Crippen LogP contribution in [-0.2, 0) is 5.91 Å². The summed E-state index contributed by atoms with van der Waals surface area (Å²) in [6.45, 7) is 0.249. The van der Waals surface area contributed by atoms with Gasteiger partial charge >= 0.3 is 0 Å². The first-order valence-electron chi connectivity index (χ1n) is 3.45. The Morgan fingerprint density at radius 3 is 2.83 bits per heavy atom. The van der Waals surface area contributed by atoms with Gasteiger partial charge in [-0.1, -0.05) is 0 Å². The highest BCUT2D eigenvalue weighted by atomic mass is 16.5. The minimum atomic E-state index is -2.07. The van der Waals surface area contributed by atoms with Gasteiger partial charge in [0.05, 0.1) is 6.67 Å². The molecular formula is C6H8N4O2. The molecule has 0 spiro atoms. The van der Waals surface area contributed by atoms with E-state index in [0.717, 1.165) is 0 Å². The van der Waals surface area contributed by atoms with Crippen LogP contribution in [0.25, 0.3) is 0 Å². The number of hydrogen-bond donors (Lipinski definition) is 4. The van der Waals surface area contributed by atoms with E-state index >= 15 is 0 Å². The predicted octanol–water partition coefficient (Wildman–Crippen LogP) is -1.46. The Kier molecular flexibility index (Phi) is 1.47. The SMILES string of the molecule is OC1(O)NCNc2nccnc21. The summed E-state index contributed by atoms with van der Waals surface area (Å²) in [5.41, 5.74) is 0.0938. The molecule has 2 heterocycles. The topological polar surface area (TPSA) is 90.3 Å². The third-order valence-corrected chi connectivity index (χ3v) is 1.62. The maximum absolute atomic E-state index is 9.33. The minimum Gasteiger partial charge on any atom is -0.356 e. The van der Waals surface area contributed by atoms with Crippen LogP contribution in [-0.4, -0.2) is 26.8 Å². The van der Waals surface area contributed by atoms with E-state index < -0.39 is 5.91 Å². The third-order valence-electron chi connectivity index (χ3n) is 1.62. The molecule has 0 fully saturated rings. The zero-order valence-electron chi connectivity index (χ0n) is 6.15. The van der Waals surface area contributed by atoms with Gasteiger partial charge in [-0.3, -0.25) is 0 Å². The molecule has 0 amide bonds. The van der Waals surface area contributed by atoms with Gasteiger partial charge in [0.1, 0.15) is 0 Å². The number of aliphatic hydroxyl groups is 2. The van der Waals surface area contributed by atoms with Crippen molar-refractivity contribution in [2.75, 3.05) is 12.0 Å². The van der Waals surface area contributed by atoms with Crippen molar-refractivity contribution in [1.29, 1.82) is 0 Å². The fraction of sp³-hybridized carbons (Fsp3) is 0.333. The predicted molar refractivity (Wildman–Crippen MR) is 39.8 cm³/mol. The quantitative estimate of drug-likeness (QED) is 0.354. The average Bonchev–Trinajstić information content (AvgIpc) is 2.04. The maximum Gasteiger partial charge on any atom is 0.273 e. The van der Waals surface area contributed by atoms with E-state index in [1.165, 1.54) is 12.4 Å². The van der Waals surface area contributed by atoms with Crippen LogP contribution >= 0.6 is 0 Å². The Morgan fingerprint density at radius 1 is 1.33 bits per heavy atom. The van der Waals surface area contributed by atoms with Crippen molar-refractivity contribution < 1.29 is 10.2 Å². The summed E-state index contributed by atoms with van der Waals surface area (Å²) in [6, 6.07) is 0. The second kappa shape index (κ2) is 2.37. The van der Waals surface area contributed by atoms with Crippen molar-refractivity contribution in [3.05, 3.63) is 18.1 Å². The summed E-state index contributed by atoms with van der Waals surface area (Å²) >= 11 is 0. The molecule has 6 nitrogen and oxygen atoms in total. The molecule has 0 unspecified atom stereocenters. The van der Waals surface area contributed by atoms with Gasteiger partial charge in [-0.15, -0.1) is 0 Å². The molecule has 0 radical (unpaired) electrons. The highest BCUT2D eigenvalue weighted by Gasteiger charge is 2.33. The number of nitrogens with zero attached hydrogens (tertiary/aromatic N) is 2. The van der Waals surface area contributed by atoms with Crippen LogP contribution in [0.1, 0.15) is 5.69 Å². The van der Waals surface area contributed by atoms with Gasteiger partial charge in [0.15, 0.2) is 11.5 Å². The van der Waals surface area contributed by atoms with E-state index in [2.05, 4.69) is 20.6 Å². The van der Waals surface area contributed by atoms with Crippen LogP contribution in [0.3, 0.4) is 0 Å². The van der Waals surface area contributed by atoms with Gasteiger partial charge < -0.3 is 15.5 Å². The van der Waals surface area contributed by atoms with Crippen LogP contribution in [0.2, 0.25) is 0 Å². The zero-order chi connectivity index (χ0) is 8.60. The van der Waals surface area contributed by atoms with E-state index in [9.17, 15) is 10.2 Å². The lowest BCUT2D eigenvalue weighted by Gasteiger charge is -2.28. The van der Waals surface area contributed by atoms with Crippen molar-refractivity contribution in [1.82, 2.24) is 15.3 Å². The van der Waals surface area contributed by atoms with Crippen molar-refractivity contribution in [2.45, 2.75) is 5.91 Å². The van der Waals surface area contributed by atoms with Gasteiger partial charge in [0.25, 0.3) is 5.91 Å². The molecule has 1 aromatic rings. The largest absolute Gasteiger partial charge is 0.356 e. The first-order chi connectivity index (χ1) is 5.70. The first-order valence-corrected chi connectivity index (χ1v) is 3.45. The molecule has 1 aliphatic heterocycles. The van der Waals surface area contributed by atoms with Gasteiger partial charge in [-0.2, -0.15) is 0 Å². The standard InChI is InChI=1S/C6H8N4O2/c11-6(12)4-5(9-3-10-6)8-2-1-7-4/h1-2,10-12H,3H2,(H,8,9). The van der Waals surface area contributed by atoms with Crippen LogP contribution < -0.4 is 10.6 Å². The third kappa shape index (κ3) is 1.02. The van der Waals surface area contributed by atoms with E-state index in [0.29, 0.717) is 5.82 Å².